The van der Waals surface area contributed by atoms with E-state index in [4.69, 9.17) is 9.97 Å². The van der Waals surface area contributed by atoms with Crippen LogP contribution in [0.2, 0.25) is 0 Å². The number of aromatic nitrogens is 2. The first-order valence-corrected chi connectivity index (χ1v) is 11.1. The summed E-state index contributed by atoms with van der Waals surface area (Å²) < 4.78 is 3.43. The van der Waals surface area contributed by atoms with E-state index in [-0.39, 0.29) is 18.6 Å². The maximum Gasteiger partial charge on any atom is -0.147 e. The van der Waals surface area contributed by atoms with Crippen molar-refractivity contribution < 1.29 is 15.0 Å². The van der Waals surface area contributed by atoms with Crippen molar-refractivity contribution in [2.45, 2.75) is 26.7 Å². The van der Waals surface area contributed by atoms with Gasteiger partial charge in [0.25, 0.3) is 0 Å². The monoisotopic (exact) mass is 525 g/mol. The average molecular weight is 527 g/mol. The number of halogens is 2. The van der Waals surface area contributed by atoms with Crippen LogP contribution in [0.4, 0.5) is 0 Å². The van der Waals surface area contributed by atoms with E-state index in [0.29, 0.717) is 5.92 Å². The third kappa shape index (κ3) is 4.77. The molecule has 30 heavy (non-hydrogen) atoms. The zero-order valence-corrected chi connectivity index (χ0v) is 20.7. The molecule has 6 heteroatoms. The minimum absolute atomic E-state index is 0. The fraction of sp³-hybridized carbons (Fsp3) is 0.167. The van der Waals surface area contributed by atoms with Crippen LogP contribution in [-0.2, 0) is 15.0 Å². The van der Waals surface area contributed by atoms with Crippen molar-refractivity contribution in [3.8, 4) is 0 Å². The fourth-order valence-electron chi connectivity index (χ4n) is 3.21. The summed E-state index contributed by atoms with van der Waals surface area (Å²) >= 11 is 4.49. The van der Waals surface area contributed by atoms with E-state index in [9.17, 15) is 0 Å². The van der Waals surface area contributed by atoms with Crippen LogP contribution in [0.15, 0.2) is 65.6 Å². The minimum atomic E-state index is 0. The molecule has 0 fully saturated rings. The summed E-state index contributed by atoms with van der Waals surface area (Å²) in [6.45, 7) is 10.8. The van der Waals surface area contributed by atoms with Crippen LogP contribution in [0, 0.1) is 6.92 Å². The summed E-state index contributed by atoms with van der Waals surface area (Å²) in [6, 6.07) is 18.9. The topological polar surface area (TPSA) is 60.8 Å². The quantitative estimate of drug-likeness (QED) is 0.231. The number of benzene rings is 2. The zero-order valence-electron chi connectivity index (χ0n) is 17.2. The van der Waals surface area contributed by atoms with Crippen molar-refractivity contribution in [3.05, 3.63) is 82.6 Å². The van der Waals surface area contributed by atoms with Gasteiger partial charge in [-0.15, -0.1) is 12.4 Å². The maximum absolute atomic E-state index is 4.97. The van der Waals surface area contributed by atoms with E-state index >= 15 is 0 Å². The van der Waals surface area contributed by atoms with Gasteiger partial charge in [-0.1, -0.05) is 0 Å². The van der Waals surface area contributed by atoms with Crippen molar-refractivity contribution in [2.24, 2.45) is 0 Å². The molecule has 2 heterocycles. The molecule has 0 unspecified atom stereocenters. The number of rotatable bonds is 4. The summed E-state index contributed by atoms with van der Waals surface area (Å²) in [5.74, 6) is 0.459. The molecular formula is C24H25BrClFeN3. The molecule has 4 aromatic rings. The largest absolute Gasteiger partial charge is 0.344 e. The summed E-state index contributed by atoms with van der Waals surface area (Å²) in [6.07, 6.45) is 0. The minimum Gasteiger partial charge on any atom is -0.344 e. The van der Waals surface area contributed by atoms with Crippen LogP contribution in [0.25, 0.3) is 26.3 Å². The summed E-state index contributed by atoms with van der Waals surface area (Å²) in [7, 11) is 0. The smallest absolute Gasteiger partial charge is 0.147 e. The zero-order chi connectivity index (χ0) is 19.8. The average Bonchev–Trinajstić information content (AvgIpc) is 2.68. The van der Waals surface area contributed by atoms with Gasteiger partial charge in [-0.2, -0.15) is 0 Å². The molecule has 3 N–H and O–H groups in total. The number of fused-ring (bicyclic) bond motifs is 3. The normalized spacial score (nSPS) is 10.8. The number of nitrogens with zero attached hydrogens (tertiary/aromatic N) is 2. The Morgan fingerprint density at radius 3 is 2.20 bits per heavy atom. The Bertz CT molecular complexity index is 1220. The standard InChI is InChI=1S/C15H11N2.C9H10Br.ClH.Fe.H3N/c1-3-13-9-8-12-7-6-11-5-4-10(2)16-14(11)15(12)17-13;1-7(2)8-4-3-5-9(10)6-8;;;/h4-9H,1H2,2H3;3-5,7H,1-2H3;1H;;1H3. The number of pyridine rings is 2. The van der Waals surface area contributed by atoms with Crippen molar-refractivity contribution in [1.29, 1.82) is 0 Å². The molecule has 0 amide bonds. The second kappa shape index (κ2) is 10.0. The Kier molecular flexibility index (Phi) is 8.20. The Hall–Kier alpha value is -1.75. The van der Waals surface area contributed by atoms with E-state index in [1.54, 1.807) is 0 Å². The summed E-state index contributed by atoms with van der Waals surface area (Å²) in [5.41, 5.74) is 5.17. The van der Waals surface area contributed by atoms with Crippen LogP contribution in [0.3, 0.4) is 0 Å². The van der Waals surface area contributed by atoms with Gasteiger partial charge >= 0.3 is 181 Å². The first-order chi connectivity index (χ1) is 13.4. The molecule has 2 aromatic heterocycles. The third-order valence-corrected chi connectivity index (χ3v) is 7.23. The maximum atomic E-state index is 4.97. The SMILES string of the molecule is C=[C]([Fe][c]1c(Br)cccc1C(C)C)c1ccc2ccc3ccc(C)nc3c2n1.Cl.N. The molecule has 0 saturated carbocycles. The van der Waals surface area contributed by atoms with Crippen molar-refractivity contribution >= 4 is 59.1 Å². The van der Waals surface area contributed by atoms with Crippen LogP contribution in [-0.4, -0.2) is 9.97 Å². The van der Waals surface area contributed by atoms with Crippen molar-refractivity contribution in [1.82, 2.24) is 16.1 Å². The van der Waals surface area contributed by atoms with Gasteiger partial charge in [0.2, 0.25) is 0 Å². The molecule has 0 spiro atoms. The molecule has 0 bridgehead atoms. The van der Waals surface area contributed by atoms with Gasteiger partial charge in [0.1, 0.15) is 0 Å². The molecule has 3 nitrogen and oxygen atoms in total. The number of hydrogen-bond donors (Lipinski definition) is 1. The van der Waals surface area contributed by atoms with Gasteiger partial charge in [0.15, 0.2) is 0 Å². The Labute approximate surface area is 198 Å². The van der Waals surface area contributed by atoms with Gasteiger partial charge in [-0.05, 0) is 0 Å². The van der Waals surface area contributed by atoms with Crippen LogP contribution in [0.5, 0.6) is 0 Å². The molecule has 2 aromatic carbocycles. The van der Waals surface area contributed by atoms with Gasteiger partial charge in [-0.3, -0.25) is 0 Å². The first-order valence-electron chi connectivity index (χ1n) is 9.21. The predicted octanol–water partition coefficient (Wildman–Crippen LogP) is 6.94. The molecule has 0 aliphatic heterocycles. The van der Waals surface area contributed by atoms with Crippen LogP contribution >= 0.6 is 28.3 Å². The van der Waals surface area contributed by atoms with Gasteiger partial charge < -0.3 is 6.15 Å². The Balaban J connectivity index is 0.00000160. The first kappa shape index (κ1) is 24.5. The second-order valence-corrected chi connectivity index (χ2v) is 9.47. The van der Waals surface area contributed by atoms with Crippen LogP contribution < -0.4 is 10.6 Å². The number of hydrogen-bond acceptors (Lipinski definition) is 3. The van der Waals surface area contributed by atoms with E-state index in [1.165, 1.54) is 10.0 Å². The van der Waals surface area contributed by atoms with Crippen molar-refractivity contribution in [2.75, 3.05) is 0 Å². The molecule has 0 aliphatic rings. The molecule has 0 aliphatic carbocycles. The van der Waals surface area contributed by atoms with Gasteiger partial charge in [0, 0.05) is 0 Å². The summed E-state index contributed by atoms with van der Waals surface area (Å²) in [5, 5.41) is 2.21. The summed E-state index contributed by atoms with van der Waals surface area (Å²) in [4.78, 5) is 9.71. The van der Waals surface area contributed by atoms with Gasteiger partial charge in [0.05, 0.1) is 0 Å². The van der Waals surface area contributed by atoms with E-state index in [1.807, 2.05) is 13.0 Å². The number of aryl methyl sites for hydroxylation is 1. The van der Waals surface area contributed by atoms with E-state index < -0.39 is 0 Å². The molecular weight excluding hydrogens is 501 g/mol. The molecule has 0 saturated heterocycles. The molecule has 4 rings (SSSR count). The van der Waals surface area contributed by atoms with Gasteiger partial charge in [-0.25, -0.2) is 0 Å². The fourth-order valence-corrected chi connectivity index (χ4v) is 5.31. The predicted molar refractivity (Wildman–Crippen MR) is 131 cm³/mol. The van der Waals surface area contributed by atoms with Crippen molar-refractivity contribution in [3.63, 3.8) is 0 Å². The molecule has 0 atom stereocenters. The third-order valence-electron chi connectivity index (χ3n) is 4.72. The second-order valence-electron chi connectivity index (χ2n) is 7.12. The molecule has 0 radical (unpaired) electrons. The molecule has 158 valence electrons. The Morgan fingerprint density at radius 1 is 0.933 bits per heavy atom. The Morgan fingerprint density at radius 2 is 1.53 bits per heavy atom. The van der Waals surface area contributed by atoms with E-state index in [2.05, 4.69) is 84.9 Å². The van der Waals surface area contributed by atoms with E-state index in [0.717, 1.165) is 57.1 Å². The van der Waals surface area contributed by atoms with Crippen LogP contribution in [0.1, 0.15) is 36.7 Å².